The van der Waals surface area contributed by atoms with Crippen molar-refractivity contribution in [3.8, 4) is 11.3 Å². The van der Waals surface area contributed by atoms with Gasteiger partial charge in [-0.2, -0.15) is 0 Å². The summed E-state index contributed by atoms with van der Waals surface area (Å²) in [6, 6.07) is 14.8. The molecule has 0 bridgehead atoms. The van der Waals surface area contributed by atoms with Gasteiger partial charge in [0, 0.05) is 36.1 Å². The number of nitro benzene ring substituents is 1. The Balaban J connectivity index is 1.53. The molecule has 0 N–H and O–H groups in total. The van der Waals surface area contributed by atoms with Crippen molar-refractivity contribution in [2.75, 3.05) is 6.54 Å². The second kappa shape index (κ2) is 7.72. The minimum atomic E-state index is -0.389. The van der Waals surface area contributed by atoms with Crippen molar-refractivity contribution < 1.29 is 9.34 Å². The van der Waals surface area contributed by atoms with Crippen molar-refractivity contribution >= 4 is 5.69 Å². The van der Waals surface area contributed by atoms with Gasteiger partial charge < -0.3 is 4.42 Å². The van der Waals surface area contributed by atoms with Crippen molar-refractivity contribution in [1.82, 2.24) is 9.88 Å². The number of rotatable bonds is 5. The summed E-state index contributed by atoms with van der Waals surface area (Å²) >= 11 is 0. The molecule has 0 spiro atoms. The third kappa shape index (κ3) is 3.90. The maximum Gasteiger partial charge on any atom is 0.270 e. The Bertz CT molecular complexity index is 923. The summed E-state index contributed by atoms with van der Waals surface area (Å²) < 4.78 is 6.01. The van der Waals surface area contributed by atoms with Crippen LogP contribution in [0, 0.1) is 10.1 Å². The lowest BCUT2D eigenvalue weighted by Gasteiger charge is -2.35. The molecule has 1 aromatic carbocycles. The Morgan fingerprint density at radius 1 is 1.19 bits per heavy atom. The first-order valence-electron chi connectivity index (χ1n) is 9.18. The molecule has 4 rings (SSSR count). The van der Waals surface area contributed by atoms with E-state index in [-0.39, 0.29) is 10.6 Å². The number of pyridine rings is 1. The van der Waals surface area contributed by atoms with Gasteiger partial charge in [-0.3, -0.25) is 20.0 Å². The first kappa shape index (κ1) is 17.4. The molecular weight excluding hydrogens is 342 g/mol. The van der Waals surface area contributed by atoms with Gasteiger partial charge in [-0.25, -0.2) is 0 Å². The number of likely N-dealkylation sites (tertiary alicyclic amines) is 1. The van der Waals surface area contributed by atoms with Crippen LogP contribution in [0.2, 0.25) is 0 Å². The summed E-state index contributed by atoms with van der Waals surface area (Å²) in [5.41, 5.74) is 2.03. The normalized spacial score (nSPS) is 17.7. The van der Waals surface area contributed by atoms with Gasteiger partial charge in [0.25, 0.3) is 5.69 Å². The molecule has 0 radical (unpaired) electrons. The maximum atomic E-state index is 11.0. The number of hydrogen-bond acceptors (Lipinski definition) is 5. The Morgan fingerprint density at radius 3 is 2.93 bits per heavy atom. The molecule has 0 saturated carbocycles. The minimum absolute atomic E-state index is 0.0677. The molecule has 27 heavy (non-hydrogen) atoms. The standard InChI is InChI=1S/C21H21N3O3/c25-24(26)18-7-3-5-16(13-18)21-10-9-19(27-21)15-23-12-2-1-8-20(23)17-6-4-11-22-14-17/h3-7,9-11,13-14,20H,1-2,8,12,15H2. The molecule has 1 atom stereocenters. The molecular formula is C21H21N3O3. The molecule has 3 aromatic rings. The lowest BCUT2D eigenvalue weighted by atomic mass is 9.96. The highest BCUT2D eigenvalue weighted by atomic mass is 16.6. The number of furan rings is 1. The Hall–Kier alpha value is -2.99. The molecule has 6 heteroatoms. The predicted molar refractivity (Wildman–Crippen MR) is 102 cm³/mol. The highest BCUT2D eigenvalue weighted by Crippen LogP contribution is 2.33. The first-order chi connectivity index (χ1) is 13.2. The number of nitrogens with zero attached hydrogens (tertiary/aromatic N) is 3. The van der Waals surface area contributed by atoms with Crippen LogP contribution < -0.4 is 0 Å². The van der Waals surface area contributed by atoms with Crippen LogP contribution in [-0.4, -0.2) is 21.4 Å². The Kier molecular flexibility index (Phi) is 4.98. The van der Waals surface area contributed by atoms with E-state index in [0.717, 1.165) is 24.3 Å². The Labute approximate surface area is 157 Å². The van der Waals surface area contributed by atoms with E-state index in [4.69, 9.17) is 4.42 Å². The van der Waals surface area contributed by atoms with E-state index in [1.165, 1.54) is 24.5 Å². The topological polar surface area (TPSA) is 72.4 Å². The third-order valence-electron chi connectivity index (χ3n) is 5.04. The van der Waals surface area contributed by atoms with E-state index in [0.29, 0.717) is 18.3 Å². The van der Waals surface area contributed by atoms with Crippen molar-refractivity contribution in [3.63, 3.8) is 0 Å². The average Bonchev–Trinajstić information content (AvgIpc) is 3.18. The Morgan fingerprint density at radius 2 is 2.11 bits per heavy atom. The quantitative estimate of drug-likeness (QED) is 0.472. The number of non-ortho nitro benzene ring substituents is 1. The van der Waals surface area contributed by atoms with Gasteiger partial charge in [0.2, 0.25) is 0 Å². The van der Waals surface area contributed by atoms with Crippen LogP contribution in [0.4, 0.5) is 5.69 Å². The molecule has 3 heterocycles. The van der Waals surface area contributed by atoms with Gasteiger partial charge >= 0.3 is 0 Å². The average molecular weight is 363 g/mol. The van der Waals surface area contributed by atoms with Gasteiger partial charge in [-0.05, 0) is 43.1 Å². The highest BCUT2D eigenvalue weighted by Gasteiger charge is 2.25. The zero-order valence-electron chi connectivity index (χ0n) is 15.0. The zero-order chi connectivity index (χ0) is 18.6. The van der Waals surface area contributed by atoms with E-state index in [1.807, 2.05) is 30.5 Å². The summed E-state index contributed by atoms with van der Waals surface area (Å²) in [6.07, 6.45) is 7.25. The van der Waals surface area contributed by atoms with Gasteiger partial charge in [-0.1, -0.05) is 24.6 Å². The maximum absolute atomic E-state index is 11.0. The fourth-order valence-corrected chi connectivity index (χ4v) is 3.72. The van der Waals surface area contributed by atoms with Crippen molar-refractivity contribution in [3.05, 3.63) is 82.4 Å². The molecule has 2 aromatic heterocycles. The summed E-state index contributed by atoms with van der Waals surface area (Å²) in [6.45, 7) is 1.74. The van der Waals surface area contributed by atoms with Crippen LogP contribution in [0.1, 0.15) is 36.6 Å². The molecule has 138 valence electrons. The predicted octanol–water partition coefficient (Wildman–Crippen LogP) is 4.98. The minimum Gasteiger partial charge on any atom is -0.460 e. The molecule has 1 aliphatic rings. The summed E-state index contributed by atoms with van der Waals surface area (Å²) in [5, 5.41) is 11.0. The van der Waals surface area contributed by atoms with Gasteiger partial charge in [0.05, 0.1) is 11.5 Å². The van der Waals surface area contributed by atoms with E-state index in [2.05, 4.69) is 16.0 Å². The SMILES string of the molecule is O=[N+]([O-])c1cccc(-c2ccc(CN3CCCCC3c3cccnc3)o2)c1. The molecule has 1 aliphatic heterocycles. The smallest absolute Gasteiger partial charge is 0.270 e. The van der Waals surface area contributed by atoms with Crippen molar-refractivity contribution in [2.45, 2.75) is 31.8 Å². The van der Waals surface area contributed by atoms with Crippen LogP contribution in [-0.2, 0) is 6.54 Å². The van der Waals surface area contributed by atoms with Crippen molar-refractivity contribution in [2.24, 2.45) is 0 Å². The van der Waals surface area contributed by atoms with Crippen molar-refractivity contribution in [1.29, 1.82) is 0 Å². The van der Waals surface area contributed by atoms with E-state index in [9.17, 15) is 10.1 Å². The van der Waals surface area contributed by atoms with Gasteiger partial charge in [-0.15, -0.1) is 0 Å². The molecule has 0 aliphatic carbocycles. The van der Waals surface area contributed by atoms with Crippen LogP contribution >= 0.6 is 0 Å². The lowest BCUT2D eigenvalue weighted by molar-refractivity contribution is -0.384. The number of benzene rings is 1. The monoisotopic (exact) mass is 363 g/mol. The van der Waals surface area contributed by atoms with Gasteiger partial charge in [0.1, 0.15) is 11.5 Å². The van der Waals surface area contributed by atoms with Crippen LogP contribution in [0.15, 0.2) is 65.3 Å². The summed E-state index contributed by atoms with van der Waals surface area (Å²) in [4.78, 5) is 17.3. The highest BCUT2D eigenvalue weighted by molar-refractivity contribution is 5.61. The van der Waals surface area contributed by atoms with E-state index < -0.39 is 0 Å². The molecule has 6 nitrogen and oxygen atoms in total. The molecule has 1 unspecified atom stereocenters. The van der Waals surface area contributed by atoms with Crippen LogP contribution in [0.25, 0.3) is 11.3 Å². The molecule has 1 fully saturated rings. The number of aromatic nitrogens is 1. The summed E-state index contributed by atoms with van der Waals surface area (Å²) in [5.74, 6) is 1.52. The van der Waals surface area contributed by atoms with Crippen LogP contribution in [0.5, 0.6) is 0 Å². The fraction of sp³-hybridized carbons (Fsp3) is 0.286. The number of piperidine rings is 1. The molecule has 1 saturated heterocycles. The van der Waals surface area contributed by atoms with Gasteiger partial charge in [0.15, 0.2) is 0 Å². The lowest BCUT2D eigenvalue weighted by Crippen LogP contribution is -2.32. The third-order valence-corrected chi connectivity index (χ3v) is 5.04. The second-order valence-corrected chi connectivity index (χ2v) is 6.84. The fourth-order valence-electron chi connectivity index (χ4n) is 3.72. The number of nitro groups is 1. The zero-order valence-corrected chi connectivity index (χ0v) is 15.0. The van der Waals surface area contributed by atoms with Crippen LogP contribution in [0.3, 0.4) is 0 Å². The van der Waals surface area contributed by atoms with E-state index >= 15 is 0 Å². The van der Waals surface area contributed by atoms with E-state index in [1.54, 1.807) is 18.3 Å². The first-order valence-corrected chi connectivity index (χ1v) is 9.18. The summed E-state index contributed by atoms with van der Waals surface area (Å²) in [7, 11) is 0. The molecule has 0 amide bonds. The second-order valence-electron chi connectivity index (χ2n) is 6.84. The number of hydrogen-bond donors (Lipinski definition) is 0. The largest absolute Gasteiger partial charge is 0.460 e.